The predicted octanol–water partition coefficient (Wildman–Crippen LogP) is 7.09. The highest BCUT2D eigenvalue weighted by Crippen LogP contribution is 2.12. The minimum Gasteiger partial charge on any atom is -0.446 e. The Labute approximate surface area is 297 Å². The largest absolute Gasteiger partial charge is 0.446 e. The molecule has 11 heteroatoms. The number of furan rings is 1. The molecule has 49 heavy (non-hydrogen) atoms. The van der Waals surface area contributed by atoms with E-state index in [-0.39, 0.29) is 35.2 Å². The lowest BCUT2D eigenvalue weighted by molar-refractivity contribution is -0.125. The van der Waals surface area contributed by atoms with Gasteiger partial charge in [0.05, 0.1) is 12.1 Å². The third-order valence-corrected chi connectivity index (χ3v) is 8.54. The van der Waals surface area contributed by atoms with Crippen molar-refractivity contribution < 1.29 is 23.6 Å². The molecule has 0 saturated carbocycles. The molecule has 0 saturated heterocycles. The van der Waals surface area contributed by atoms with Crippen LogP contribution in [0.15, 0.2) is 16.5 Å². The smallest absolute Gasteiger partial charge is 0.305 e. The summed E-state index contributed by atoms with van der Waals surface area (Å²) in [5.41, 5.74) is 9.74. The lowest BCUT2D eigenvalue weighted by Crippen LogP contribution is -2.51. The molecule has 0 spiro atoms. The Morgan fingerprint density at radius 1 is 0.510 bits per heavy atom. The summed E-state index contributed by atoms with van der Waals surface area (Å²) in [7, 11) is 0. The molecule has 11 nitrogen and oxygen atoms in total. The van der Waals surface area contributed by atoms with E-state index < -0.39 is 23.9 Å². The van der Waals surface area contributed by atoms with Crippen molar-refractivity contribution in [1.82, 2.24) is 32.3 Å². The van der Waals surface area contributed by atoms with Crippen molar-refractivity contribution in [1.29, 1.82) is 0 Å². The van der Waals surface area contributed by atoms with Crippen LogP contribution in [0.25, 0.3) is 0 Å². The zero-order valence-corrected chi connectivity index (χ0v) is 31.6. The summed E-state index contributed by atoms with van der Waals surface area (Å²) in [6.45, 7) is 14.1. The summed E-state index contributed by atoms with van der Waals surface area (Å²) >= 11 is 0. The number of amides is 4. The van der Waals surface area contributed by atoms with E-state index in [4.69, 9.17) is 4.42 Å². The third kappa shape index (κ3) is 21.7. The molecule has 0 aliphatic rings. The first-order chi connectivity index (χ1) is 23.6. The Bertz CT molecular complexity index is 965. The highest BCUT2D eigenvalue weighted by Gasteiger charge is 2.23. The number of nitrogens with one attached hydrogen (secondary N) is 6. The average Bonchev–Trinajstić information content (AvgIpc) is 3.57. The minimum absolute atomic E-state index is 0.145. The van der Waals surface area contributed by atoms with Gasteiger partial charge in [0.2, 0.25) is 0 Å². The van der Waals surface area contributed by atoms with Crippen LogP contribution in [0, 0.1) is 11.8 Å². The van der Waals surface area contributed by atoms with Crippen molar-refractivity contribution in [3.05, 3.63) is 23.7 Å². The van der Waals surface area contributed by atoms with Gasteiger partial charge in [0.1, 0.15) is 0 Å². The summed E-state index contributed by atoms with van der Waals surface area (Å²) < 4.78 is 5.43. The number of unbranched alkanes of at least 4 members (excludes halogenated alkanes) is 14. The van der Waals surface area contributed by atoms with E-state index in [2.05, 4.69) is 46.2 Å². The second kappa shape index (κ2) is 27.9. The van der Waals surface area contributed by atoms with Gasteiger partial charge >= 0.3 is 11.8 Å². The number of carbonyl (C=O) groups excluding carboxylic acids is 4. The first-order valence-corrected chi connectivity index (χ1v) is 19.4. The zero-order chi connectivity index (χ0) is 36.3. The second-order valence-electron chi connectivity index (χ2n) is 14.3. The number of carbonyl (C=O) groups is 4. The van der Waals surface area contributed by atoms with Crippen LogP contribution in [-0.4, -0.2) is 48.8 Å². The molecule has 6 N–H and O–H groups in total. The topological polar surface area (TPSA) is 154 Å². The molecule has 0 bridgehead atoms. The number of hydrazine groups is 2. The van der Waals surface area contributed by atoms with E-state index >= 15 is 0 Å². The fraction of sp³-hybridized carbons (Fsp3) is 0.789. The molecule has 4 amide bonds. The van der Waals surface area contributed by atoms with Gasteiger partial charge in [-0.25, -0.2) is 0 Å². The minimum atomic E-state index is -0.690. The number of hydrogen-bond donors (Lipinski definition) is 6. The van der Waals surface area contributed by atoms with Gasteiger partial charge in [-0.2, -0.15) is 0 Å². The zero-order valence-electron chi connectivity index (χ0n) is 31.6. The Morgan fingerprint density at radius 2 is 0.837 bits per heavy atom. The van der Waals surface area contributed by atoms with E-state index in [0.717, 1.165) is 38.8 Å². The molecule has 0 aliphatic heterocycles. The molecule has 282 valence electrons. The summed E-state index contributed by atoms with van der Waals surface area (Å²) in [5, 5.41) is 6.67. The molecule has 0 radical (unpaired) electrons. The van der Waals surface area contributed by atoms with Gasteiger partial charge in [-0.15, -0.1) is 0 Å². The molecule has 1 aromatic heterocycles. The molecule has 0 fully saturated rings. The van der Waals surface area contributed by atoms with Crippen LogP contribution < -0.4 is 32.3 Å². The predicted molar refractivity (Wildman–Crippen MR) is 198 cm³/mol. The molecule has 1 heterocycles. The van der Waals surface area contributed by atoms with Crippen molar-refractivity contribution in [2.24, 2.45) is 11.8 Å². The summed E-state index contributed by atoms with van der Waals surface area (Å²) in [6, 6.07) is 1.80. The summed E-state index contributed by atoms with van der Waals surface area (Å²) in [6.07, 6.45) is 20.7. The fourth-order valence-corrected chi connectivity index (χ4v) is 5.70. The van der Waals surface area contributed by atoms with Crippen LogP contribution in [0.4, 0.5) is 0 Å². The quantitative estimate of drug-likeness (QED) is 0.0405. The molecule has 1 aromatic rings. The molecule has 0 aliphatic carbocycles. The van der Waals surface area contributed by atoms with Crippen LogP contribution in [-0.2, 0) is 9.59 Å². The monoisotopic (exact) mass is 691 g/mol. The Morgan fingerprint density at radius 3 is 1.16 bits per heavy atom. The number of rotatable bonds is 28. The Hall–Kier alpha value is -2.92. The van der Waals surface area contributed by atoms with Crippen LogP contribution in [0.2, 0.25) is 0 Å². The maximum absolute atomic E-state index is 12.9. The lowest BCUT2D eigenvalue weighted by Gasteiger charge is -2.20. The van der Waals surface area contributed by atoms with Gasteiger partial charge in [-0.05, 0) is 62.7 Å². The Balaban J connectivity index is 2.48. The van der Waals surface area contributed by atoms with Gasteiger partial charge < -0.3 is 15.1 Å². The Kier molecular flexibility index (Phi) is 25.1. The van der Waals surface area contributed by atoms with E-state index in [0.29, 0.717) is 12.8 Å². The van der Waals surface area contributed by atoms with Crippen LogP contribution in [0.5, 0.6) is 0 Å². The van der Waals surface area contributed by atoms with Gasteiger partial charge in [0.25, 0.3) is 11.8 Å². The molecule has 2 atom stereocenters. The van der Waals surface area contributed by atoms with Gasteiger partial charge in [-0.3, -0.25) is 40.9 Å². The lowest BCUT2D eigenvalue weighted by atomic mass is 10.0. The second-order valence-corrected chi connectivity index (χ2v) is 14.3. The van der Waals surface area contributed by atoms with E-state index in [1.807, 2.05) is 27.7 Å². The molecular formula is C38H70N6O5. The standard InChI is InChI=1S/C38H70N6O5/c1-7-9-11-13-15-17-19-21-25-39-31(27-29(3)4)35(45)41-43-37(47)33-23-24-34(49-33)38(48)44-42-36(46)32(28-30(5)6)40-26-22-20-18-16-14-12-10-8-2/h23-24,29-32,39-40H,7-22,25-28H2,1-6H3,(H,41,45)(H,42,46)(H,43,47)(H,44,48)/t31-,32-/m0/s1. The normalized spacial score (nSPS) is 12.6. The molecule has 0 aromatic carbocycles. The van der Waals surface area contributed by atoms with Crippen molar-refractivity contribution >= 4 is 23.6 Å². The number of hydrogen-bond acceptors (Lipinski definition) is 7. The van der Waals surface area contributed by atoms with Crippen LogP contribution >= 0.6 is 0 Å². The first kappa shape index (κ1) is 44.1. The van der Waals surface area contributed by atoms with Gasteiger partial charge in [0, 0.05) is 0 Å². The van der Waals surface area contributed by atoms with Crippen molar-refractivity contribution in [3.63, 3.8) is 0 Å². The van der Waals surface area contributed by atoms with E-state index in [9.17, 15) is 19.2 Å². The highest BCUT2D eigenvalue weighted by molar-refractivity contribution is 5.97. The highest BCUT2D eigenvalue weighted by atomic mass is 16.4. The van der Waals surface area contributed by atoms with Crippen molar-refractivity contribution in [3.8, 4) is 0 Å². The molecule has 0 unspecified atom stereocenters. The maximum atomic E-state index is 12.9. The van der Waals surface area contributed by atoms with Crippen molar-refractivity contribution in [2.45, 2.75) is 169 Å². The summed E-state index contributed by atoms with van der Waals surface area (Å²) in [4.78, 5) is 51.2. The summed E-state index contributed by atoms with van der Waals surface area (Å²) in [5.74, 6) is -1.76. The van der Waals surface area contributed by atoms with E-state index in [1.165, 1.54) is 89.2 Å². The molecule has 1 rings (SSSR count). The average molecular weight is 691 g/mol. The van der Waals surface area contributed by atoms with Gasteiger partial charge in [0.15, 0.2) is 11.5 Å². The SMILES string of the molecule is CCCCCCCCCCN[C@@H](CC(C)C)C(=O)NNC(=O)c1ccc(C(=O)NNC(=O)[C@H](CC(C)C)NCCCCCCCCCC)o1. The van der Waals surface area contributed by atoms with Crippen LogP contribution in [0.3, 0.4) is 0 Å². The fourth-order valence-electron chi connectivity index (χ4n) is 5.70. The van der Waals surface area contributed by atoms with E-state index in [1.54, 1.807) is 0 Å². The van der Waals surface area contributed by atoms with Crippen molar-refractivity contribution in [2.75, 3.05) is 13.1 Å². The maximum Gasteiger partial charge on any atom is 0.305 e. The van der Waals surface area contributed by atoms with Crippen LogP contribution in [0.1, 0.15) is 178 Å². The first-order valence-electron chi connectivity index (χ1n) is 19.4. The van der Waals surface area contributed by atoms with Gasteiger partial charge in [-0.1, -0.05) is 131 Å². The third-order valence-electron chi connectivity index (χ3n) is 8.54. The molecular weight excluding hydrogens is 620 g/mol.